The molecule has 0 fully saturated rings. The van der Waals surface area contributed by atoms with Crippen molar-refractivity contribution in [3.63, 3.8) is 0 Å². The van der Waals surface area contributed by atoms with Crippen molar-refractivity contribution in [1.82, 2.24) is 4.98 Å². The molecule has 1 aromatic rings. The molecule has 0 aliphatic carbocycles. The minimum atomic E-state index is -0.629. The van der Waals surface area contributed by atoms with E-state index in [1.54, 1.807) is 0 Å². The molecule has 0 unspecified atom stereocenters. The van der Waals surface area contributed by atoms with Crippen molar-refractivity contribution in [3.8, 4) is 0 Å². The third-order valence-corrected chi connectivity index (χ3v) is 3.12. The van der Waals surface area contributed by atoms with Crippen molar-refractivity contribution < 1.29 is 9.53 Å². The van der Waals surface area contributed by atoms with Crippen LogP contribution >= 0.6 is 0 Å². The molecule has 19 heavy (non-hydrogen) atoms. The van der Waals surface area contributed by atoms with Gasteiger partial charge in [-0.25, -0.2) is 0 Å². The quantitative estimate of drug-likeness (QED) is 0.827. The largest absolute Gasteiger partial charge is 0.453 e. The first-order valence-electron chi connectivity index (χ1n) is 6.81. The highest BCUT2D eigenvalue weighted by molar-refractivity contribution is 5.76. The van der Waals surface area contributed by atoms with Crippen LogP contribution in [-0.2, 0) is 15.1 Å². The number of aromatic amines is 1. The Balaban J connectivity index is 2.79. The average Bonchev–Trinajstić information content (AvgIpc) is 2.65. The summed E-state index contributed by atoms with van der Waals surface area (Å²) in [6, 6.07) is 3.84. The van der Waals surface area contributed by atoms with E-state index in [9.17, 15) is 4.79 Å². The summed E-state index contributed by atoms with van der Waals surface area (Å²) in [6.07, 6.45) is 2.63. The molecule has 0 saturated carbocycles. The van der Waals surface area contributed by atoms with Crippen LogP contribution in [0.5, 0.6) is 0 Å². The van der Waals surface area contributed by atoms with Crippen LogP contribution in [0, 0.1) is 10.8 Å². The van der Waals surface area contributed by atoms with Crippen molar-refractivity contribution >= 4 is 5.97 Å². The lowest BCUT2D eigenvalue weighted by molar-refractivity contribution is -0.170. The molecular formula is C16H27NO2. The number of carbonyl (C=O) groups is 1. The molecule has 1 aromatic heterocycles. The van der Waals surface area contributed by atoms with Crippen LogP contribution in [0.2, 0.25) is 0 Å². The number of esters is 1. The predicted molar refractivity (Wildman–Crippen MR) is 77.8 cm³/mol. The molecule has 3 nitrogen and oxygen atoms in total. The van der Waals surface area contributed by atoms with Crippen molar-refractivity contribution in [2.24, 2.45) is 10.8 Å². The van der Waals surface area contributed by atoms with Gasteiger partial charge >= 0.3 is 5.97 Å². The summed E-state index contributed by atoms with van der Waals surface area (Å²) in [6.45, 7) is 14.1. The van der Waals surface area contributed by atoms with E-state index in [2.05, 4.69) is 25.8 Å². The normalized spacial score (nSPS) is 13.4. The molecule has 0 atom stereocenters. The minimum Gasteiger partial charge on any atom is -0.453 e. The van der Waals surface area contributed by atoms with Crippen LogP contribution in [-0.4, -0.2) is 11.0 Å². The van der Waals surface area contributed by atoms with E-state index < -0.39 is 11.0 Å². The van der Waals surface area contributed by atoms with Crippen LogP contribution < -0.4 is 0 Å². The number of aromatic nitrogens is 1. The van der Waals surface area contributed by atoms with Crippen molar-refractivity contribution in [3.05, 3.63) is 24.0 Å². The predicted octanol–water partition coefficient (Wildman–Crippen LogP) is 4.26. The van der Waals surface area contributed by atoms with Crippen LogP contribution in [0.3, 0.4) is 0 Å². The Labute approximate surface area is 116 Å². The highest BCUT2D eigenvalue weighted by Crippen LogP contribution is 2.36. The summed E-state index contributed by atoms with van der Waals surface area (Å²) >= 11 is 0. The number of nitrogens with one attached hydrogen (secondary N) is 1. The molecular weight excluding hydrogens is 238 g/mol. The maximum Gasteiger partial charge on any atom is 0.312 e. The maximum atomic E-state index is 12.4. The van der Waals surface area contributed by atoms with E-state index in [1.165, 1.54) is 0 Å². The Morgan fingerprint density at radius 3 is 2.16 bits per heavy atom. The smallest absolute Gasteiger partial charge is 0.312 e. The summed E-state index contributed by atoms with van der Waals surface area (Å²) < 4.78 is 5.72. The molecule has 0 spiro atoms. The van der Waals surface area contributed by atoms with Gasteiger partial charge in [-0.1, -0.05) is 20.8 Å². The minimum absolute atomic E-state index is 0.0963. The monoisotopic (exact) mass is 265 g/mol. The van der Waals surface area contributed by atoms with Gasteiger partial charge in [0.2, 0.25) is 0 Å². The van der Waals surface area contributed by atoms with E-state index in [-0.39, 0.29) is 11.4 Å². The van der Waals surface area contributed by atoms with Gasteiger partial charge in [0.15, 0.2) is 0 Å². The fraction of sp³-hybridized carbons (Fsp3) is 0.688. The second-order valence-corrected chi connectivity index (χ2v) is 7.60. The van der Waals surface area contributed by atoms with Gasteiger partial charge in [-0.15, -0.1) is 0 Å². The molecule has 0 amide bonds. The van der Waals surface area contributed by atoms with Gasteiger partial charge in [0.1, 0.15) is 5.60 Å². The topological polar surface area (TPSA) is 42.1 Å². The van der Waals surface area contributed by atoms with Crippen molar-refractivity contribution in [1.29, 1.82) is 0 Å². The SMILES string of the molecule is CC(C)(C)CC(C)(C)C(=O)OC(C)(C)c1ccc[nH]1. The number of H-pyrrole nitrogens is 1. The molecule has 0 radical (unpaired) electrons. The van der Waals surface area contributed by atoms with Crippen molar-refractivity contribution in [2.75, 3.05) is 0 Å². The van der Waals surface area contributed by atoms with E-state index in [0.717, 1.165) is 12.1 Å². The lowest BCUT2D eigenvalue weighted by Gasteiger charge is -2.34. The van der Waals surface area contributed by atoms with Gasteiger partial charge in [-0.2, -0.15) is 0 Å². The molecule has 0 aliphatic heterocycles. The summed E-state index contributed by atoms with van der Waals surface area (Å²) in [7, 11) is 0. The second kappa shape index (κ2) is 5.03. The zero-order chi connectivity index (χ0) is 14.9. The fourth-order valence-electron chi connectivity index (χ4n) is 2.53. The summed E-state index contributed by atoms with van der Waals surface area (Å²) in [4.78, 5) is 15.5. The summed E-state index contributed by atoms with van der Waals surface area (Å²) in [5, 5.41) is 0. The lowest BCUT2D eigenvalue weighted by Crippen LogP contribution is -2.36. The molecule has 1 heterocycles. The van der Waals surface area contributed by atoms with Gasteiger partial charge in [0.05, 0.1) is 11.1 Å². The molecule has 0 aliphatic rings. The van der Waals surface area contributed by atoms with Gasteiger partial charge in [0, 0.05) is 6.20 Å². The fourth-order valence-corrected chi connectivity index (χ4v) is 2.53. The van der Waals surface area contributed by atoms with Crippen LogP contribution in [0.15, 0.2) is 18.3 Å². The standard InChI is InChI=1S/C16H27NO2/c1-14(2,3)11-15(4,5)13(18)19-16(6,7)12-9-8-10-17-12/h8-10,17H,11H2,1-7H3. The third-order valence-electron chi connectivity index (χ3n) is 3.12. The zero-order valence-electron chi connectivity index (χ0n) is 13.3. The third kappa shape index (κ3) is 4.41. The Hall–Kier alpha value is -1.25. The number of ether oxygens (including phenoxy) is 1. The molecule has 0 saturated heterocycles. The Kier molecular flexibility index (Phi) is 4.18. The van der Waals surface area contributed by atoms with Crippen LogP contribution in [0.4, 0.5) is 0 Å². The molecule has 108 valence electrons. The van der Waals surface area contributed by atoms with Crippen molar-refractivity contribution in [2.45, 2.75) is 60.5 Å². The number of rotatable bonds is 4. The number of carbonyl (C=O) groups excluding carboxylic acids is 1. The molecule has 1 N–H and O–H groups in total. The first kappa shape index (κ1) is 15.8. The molecule has 1 rings (SSSR count). The summed E-state index contributed by atoms with van der Waals surface area (Å²) in [5.41, 5.74) is -0.107. The Morgan fingerprint density at radius 1 is 1.16 bits per heavy atom. The second-order valence-electron chi connectivity index (χ2n) is 7.60. The van der Waals surface area contributed by atoms with E-state index in [1.807, 2.05) is 46.0 Å². The first-order valence-corrected chi connectivity index (χ1v) is 6.81. The highest BCUT2D eigenvalue weighted by Gasteiger charge is 2.38. The van der Waals surface area contributed by atoms with E-state index in [0.29, 0.717) is 0 Å². The zero-order valence-corrected chi connectivity index (χ0v) is 13.3. The molecule has 3 heteroatoms. The van der Waals surface area contributed by atoms with Gasteiger partial charge in [0.25, 0.3) is 0 Å². The van der Waals surface area contributed by atoms with Crippen LogP contribution in [0.25, 0.3) is 0 Å². The first-order chi connectivity index (χ1) is 8.44. The Bertz CT molecular complexity index is 422. The van der Waals surface area contributed by atoms with Gasteiger partial charge in [-0.05, 0) is 51.7 Å². The van der Waals surface area contributed by atoms with Gasteiger partial charge < -0.3 is 9.72 Å². The summed E-state index contributed by atoms with van der Waals surface area (Å²) in [5.74, 6) is -0.151. The number of hydrogen-bond donors (Lipinski definition) is 1. The Morgan fingerprint density at radius 2 is 1.74 bits per heavy atom. The highest BCUT2D eigenvalue weighted by atomic mass is 16.6. The average molecular weight is 265 g/mol. The lowest BCUT2D eigenvalue weighted by atomic mass is 9.76. The molecule has 0 aromatic carbocycles. The maximum absolute atomic E-state index is 12.4. The van der Waals surface area contributed by atoms with E-state index in [4.69, 9.17) is 4.74 Å². The number of hydrogen-bond acceptors (Lipinski definition) is 2. The van der Waals surface area contributed by atoms with Crippen LogP contribution in [0.1, 0.15) is 60.6 Å². The van der Waals surface area contributed by atoms with E-state index >= 15 is 0 Å². The van der Waals surface area contributed by atoms with Gasteiger partial charge in [-0.3, -0.25) is 4.79 Å². The molecule has 0 bridgehead atoms.